The average Bonchev–Trinajstić information content (AvgIpc) is 3.21. The highest BCUT2D eigenvalue weighted by Gasteiger charge is 2.27. The summed E-state index contributed by atoms with van der Waals surface area (Å²) in [5.41, 5.74) is 0. The average molecular weight is 880 g/mol. The van der Waals surface area contributed by atoms with Gasteiger partial charge in [0.2, 0.25) is 5.91 Å². The maximum absolute atomic E-state index is 12.9. The van der Waals surface area contributed by atoms with E-state index < -0.39 is 20.0 Å². The second kappa shape index (κ2) is 43.7. The lowest BCUT2D eigenvalue weighted by Crippen LogP contribution is -2.45. The van der Waals surface area contributed by atoms with Crippen molar-refractivity contribution in [2.75, 3.05) is 40.9 Å². The molecule has 61 heavy (non-hydrogen) atoms. The Morgan fingerprint density at radius 2 is 0.902 bits per heavy atom. The van der Waals surface area contributed by atoms with Gasteiger partial charge in [0.05, 0.1) is 39.9 Å². The van der Waals surface area contributed by atoms with Crippen LogP contribution in [0, 0.1) is 0 Å². The molecule has 3 unspecified atom stereocenters. The summed E-state index contributed by atoms with van der Waals surface area (Å²) in [6.07, 6.45) is 56.4. The number of amides is 1. The number of aliphatic hydroxyl groups is 1. The topological polar surface area (TPSA) is 105 Å². The van der Waals surface area contributed by atoms with E-state index in [1.54, 1.807) is 6.08 Å². The molecule has 3 atom stereocenters. The predicted molar refractivity (Wildman–Crippen MR) is 263 cm³/mol. The lowest BCUT2D eigenvalue weighted by molar-refractivity contribution is -0.870. The molecule has 0 aliphatic carbocycles. The standard InChI is InChI=1S/C52H99N2O6P/c1-6-8-10-12-14-16-18-20-21-22-23-24-25-26-27-28-29-30-31-32-34-36-38-40-42-44-46-52(56)53-50(49-60-61(57,58)59-48-47-54(3,4)5)51(55)45-43-41-39-37-35-33-19-17-15-13-11-9-7-2/h15,17,26-27,35,37,43,45,50-51,55H,6-14,16,18-25,28-34,36,38-42,44,46-49H2,1-5H3,(H-,53,56,57,58)/p+1/b17-15+,27-26-,37-35+,45-43+. The number of hydrogen-bond donors (Lipinski definition) is 3. The first kappa shape index (κ1) is 59.5. The van der Waals surface area contributed by atoms with E-state index >= 15 is 0 Å². The molecule has 0 aliphatic rings. The van der Waals surface area contributed by atoms with Crippen molar-refractivity contribution in [3.8, 4) is 0 Å². The summed E-state index contributed by atoms with van der Waals surface area (Å²) in [4.78, 5) is 23.2. The Balaban J connectivity index is 4.22. The van der Waals surface area contributed by atoms with Crippen LogP contribution >= 0.6 is 7.82 Å². The highest BCUT2D eigenvalue weighted by Crippen LogP contribution is 2.43. The van der Waals surface area contributed by atoms with Crippen molar-refractivity contribution in [2.24, 2.45) is 0 Å². The second-order valence-corrected chi connectivity index (χ2v) is 20.0. The Bertz CT molecular complexity index is 1130. The fraction of sp³-hybridized carbons (Fsp3) is 0.827. The van der Waals surface area contributed by atoms with Crippen LogP contribution in [0.1, 0.15) is 226 Å². The summed E-state index contributed by atoms with van der Waals surface area (Å²) in [6, 6.07) is -0.869. The largest absolute Gasteiger partial charge is 0.472 e. The smallest absolute Gasteiger partial charge is 0.387 e. The van der Waals surface area contributed by atoms with Crippen LogP contribution < -0.4 is 5.32 Å². The molecule has 0 saturated carbocycles. The van der Waals surface area contributed by atoms with E-state index in [4.69, 9.17) is 9.05 Å². The van der Waals surface area contributed by atoms with Crippen LogP contribution in [-0.4, -0.2) is 73.4 Å². The summed E-state index contributed by atoms with van der Waals surface area (Å²) in [5.74, 6) is -0.193. The Morgan fingerprint density at radius 1 is 0.541 bits per heavy atom. The number of phosphoric ester groups is 1. The minimum Gasteiger partial charge on any atom is -0.387 e. The van der Waals surface area contributed by atoms with Crippen LogP contribution in [0.2, 0.25) is 0 Å². The zero-order valence-corrected chi connectivity index (χ0v) is 41.5. The molecule has 0 fully saturated rings. The van der Waals surface area contributed by atoms with E-state index in [-0.39, 0.29) is 19.1 Å². The van der Waals surface area contributed by atoms with Gasteiger partial charge in [0.25, 0.3) is 0 Å². The summed E-state index contributed by atoms with van der Waals surface area (Å²) < 4.78 is 23.6. The van der Waals surface area contributed by atoms with Crippen molar-refractivity contribution in [3.05, 3.63) is 48.6 Å². The molecular formula is C52H100N2O6P+. The first-order valence-electron chi connectivity index (χ1n) is 25.5. The molecule has 0 bridgehead atoms. The molecule has 0 saturated heterocycles. The molecule has 0 aromatic heterocycles. The van der Waals surface area contributed by atoms with E-state index in [0.29, 0.717) is 17.4 Å². The number of phosphoric acid groups is 1. The number of hydrogen-bond acceptors (Lipinski definition) is 5. The molecular weight excluding hydrogens is 780 g/mol. The number of allylic oxidation sites excluding steroid dienone is 7. The quantitative estimate of drug-likeness (QED) is 0.0243. The zero-order chi connectivity index (χ0) is 45.0. The summed E-state index contributed by atoms with van der Waals surface area (Å²) in [5, 5.41) is 13.8. The highest BCUT2D eigenvalue weighted by atomic mass is 31.2. The van der Waals surface area contributed by atoms with Gasteiger partial charge in [-0.2, -0.15) is 0 Å². The molecule has 8 nitrogen and oxygen atoms in total. The van der Waals surface area contributed by atoms with E-state index in [1.807, 2.05) is 27.2 Å². The Labute approximate surface area is 378 Å². The van der Waals surface area contributed by atoms with Gasteiger partial charge >= 0.3 is 7.82 Å². The first-order chi connectivity index (χ1) is 29.5. The molecule has 0 radical (unpaired) electrons. The van der Waals surface area contributed by atoms with E-state index in [1.165, 1.54) is 154 Å². The molecule has 1 amide bonds. The summed E-state index contributed by atoms with van der Waals surface area (Å²) in [6.45, 7) is 4.76. The van der Waals surface area contributed by atoms with Crippen molar-refractivity contribution >= 4 is 13.7 Å². The van der Waals surface area contributed by atoms with Gasteiger partial charge in [0.1, 0.15) is 13.2 Å². The van der Waals surface area contributed by atoms with Crippen molar-refractivity contribution in [2.45, 2.75) is 238 Å². The number of rotatable bonds is 46. The van der Waals surface area contributed by atoms with Crippen LogP contribution in [0.4, 0.5) is 0 Å². The maximum Gasteiger partial charge on any atom is 0.472 e. The monoisotopic (exact) mass is 880 g/mol. The van der Waals surface area contributed by atoms with Gasteiger partial charge in [0.15, 0.2) is 0 Å². The minimum atomic E-state index is -4.35. The zero-order valence-electron chi connectivity index (χ0n) is 40.7. The maximum atomic E-state index is 12.9. The van der Waals surface area contributed by atoms with Gasteiger partial charge in [-0.25, -0.2) is 4.57 Å². The van der Waals surface area contributed by atoms with Crippen LogP contribution in [0.3, 0.4) is 0 Å². The summed E-state index contributed by atoms with van der Waals surface area (Å²) in [7, 11) is 1.54. The van der Waals surface area contributed by atoms with Gasteiger partial charge < -0.3 is 19.8 Å². The molecule has 3 N–H and O–H groups in total. The first-order valence-corrected chi connectivity index (χ1v) is 27.0. The number of nitrogens with zero attached hydrogens (tertiary/aromatic N) is 1. The highest BCUT2D eigenvalue weighted by molar-refractivity contribution is 7.47. The summed E-state index contributed by atoms with van der Waals surface area (Å²) >= 11 is 0. The van der Waals surface area contributed by atoms with Gasteiger partial charge in [-0.1, -0.05) is 197 Å². The molecule has 0 spiro atoms. The molecule has 358 valence electrons. The predicted octanol–water partition coefficient (Wildman–Crippen LogP) is 14.8. The van der Waals surface area contributed by atoms with Gasteiger partial charge in [0, 0.05) is 6.42 Å². The molecule has 0 rings (SSSR count). The Morgan fingerprint density at radius 3 is 1.34 bits per heavy atom. The van der Waals surface area contributed by atoms with E-state index in [2.05, 4.69) is 55.6 Å². The van der Waals surface area contributed by atoms with Crippen LogP contribution in [0.5, 0.6) is 0 Å². The number of aliphatic hydroxyl groups excluding tert-OH is 1. The van der Waals surface area contributed by atoms with Crippen molar-refractivity contribution < 1.29 is 32.9 Å². The normalized spacial score (nSPS) is 14.5. The van der Waals surface area contributed by atoms with Crippen molar-refractivity contribution in [3.63, 3.8) is 0 Å². The van der Waals surface area contributed by atoms with Crippen molar-refractivity contribution in [1.29, 1.82) is 0 Å². The third kappa shape index (κ3) is 46.3. The second-order valence-electron chi connectivity index (χ2n) is 18.5. The van der Waals surface area contributed by atoms with Gasteiger partial charge in [-0.3, -0.25) is 13.8 Å². The Kier molecular flexibility index (Phi) is 42.6. The number of carbonyl (C=O) groups is 1. The molecule has 0 aromatic rings. The number of unbranched alkanes of at least 4 members (excludes halogenated alkanes) is 27. The lowest BCUT2D eigenvalue weighted by atomic mass is 10.0. The Hall–Kier alpha value is -1.54. The van der Waals surface area contributed by atoms with Gasteiger partial charge in [-0.05, 0) is 70.6 Å². The van der Waals surface area contributed by atoms with E-state index in [9.17, 15) is 19.4 Å². The third-order valence-corrected chi connectivity index (χ3v) is 12.2. The SMILES string of the molecule is CCCCC/C=C/CC/C=C/CC/C=C/C(O)C(COP(=O)(O)OCC[N+](C)(C)C)NC(=O)CCCCCCCCCCCC/C=C\CCCCCCCCCCCCCC. The molecule has 9 heteroatoms. The minimum absolute atomic E-state index is 0.0525. The lowest BCUT2D eigenvalue weighted by Gasteiger charge is -2.25. The van der Waals surface area contributed by atoms with Crippen LogP contribution in [0.15, 0.2) is 48.6 Å². The van der Waals surface area contributed by atoms with Gasteiger partial charge in [-0.15, -0.1) is 0 Å². The van der Waals surface area contributed by atoms with Crippen LogP contribution in [-0.2, 0) is 18.4 Å². The number of likely N-dealkylation sites (N-methyl/N-ethyl adjacent to an activating group) is 1. The van der Waals surface area contributed by atoms with Crippen molar-refractivity contribution in [1.82, 2.24) is 5.32 Å². The fourth-order valence-corrected chi connectivity index (χ4v) is 7.92. The molecule has 0 aliphatic heterocycles. The molecule has 0 heterocycles. The number of quaternary nitrogens is 1. The fourth-order valence-electron chi connectivity index (χ4n) is 7.19. The molecule has 0 aromatic carbocycles. The number of carbonyl (C=O) groups excluding carboxylic acids is 1. The third-order valence-electron chi connectivity index (χ3n) is 11.2. The number of nitrogens with one attached hydrogen (secondary N) is 1. The van der Waals surface area contributed by atoms with E-state index in [0.717, 1.165) is 51.4 Å². The van der Waals surface area contributed by atoms with Crippen LogP contribution in [0.25, 0.3) is 0 Å².